The minimum absolute atomic E-state index is 0.0126. The van der Waals surface area contributed by atoms with Crippen molar-refractivity contribution in [2.75, 3.05) is 14.2 Å². The largest absolute Gasteiger partial charge is 0.481 e. The van der Waals surface area contributed by atoms with E-state index in [4.69, 9.17) is 9.47 Å². The third kappa shape index (κ3) is 3.56. The van der Waals surface area contributed by atoms with Gasteiger partial charge in [-0.05, 0) is 5.92 Å². The average Bonchev–Trinajstić information content (AvgIpc) is 2.96. The number of ether oxygens (including phenoxy) is 2. The molecule has 7 nitrogen and oxygen atoms in total. The van der Waals surface area contributed by atoms with E-state index in [1.807, 2.05) is 13.8 Å². The van der Waals surface area contributed by atoms with Crippen LogP contribution in [0.1, 0.15) is 30.8 Å². The van der Waals surface area contributed by atoms with Crippen LogP contribution in [0.25, 0.3) is 11.6 Å². The number of H-pyrrole nitrogens is 1. The molecule has 2 aromatic heterocycles. The van der Waals surface area contributed by atoms with Crippen molar-refractivity contribution in [3.05, 3.63) is 18.0 Å². The second-order valence-electron chi connectivity index (χ2n) is 4.94. The fourth-order valence-electron chi connectivity index (χ4n) is 1.78. The zero-order valence-electron chi connectivity index (χ0n) is 12.5. The van der Waals surface area contributed by atoms with Crippen LogP contribution in [-0.4, -0.2) is 39.9 Å². The molecular weight excluding hydrogens is 272 g/mol. The van der Waals surface area contributed by atoms with Gasteiger partial charge in [-0.1, -0.05) is 13.8 Å². The lowest BCUT2D eigenvalue weighted by Crippen LogP contribution is -2.04. The van der Waals surface area contributed by atoms with Gasteiger partial charge in [0.1, 0.15) is 5.69 Å². The van der Waals surface area contributed by atoms with Crippen molar-refractivity contribution in [3.8, 4) is 23.4 Å². The number of hydrogen-bond donors (Lipinski definition) is 1. The van der Waals surface area contributed by atoms with E-state index < -0.39 is 0 Å². The Morgan fingerprint density at radius 3 is 2.38 bits per heavy atom. The molecule has 0 saturated heterocycles. The van der Waals surface area contributed by atoms with Crippen molar-refractivity contribution in [1.82, 2.24) is 19.9 Å². The number of imidazole rings is 1. The molecular formula is C14H18N4O3. The highest BCUT2D eigenvalue weighted by molar-refractivity contribution is 5.94. The second-order valence-corrected chi connectivity index (χ2v) is 4.94. The molecule has 7 heteroatoms. The molecule has 1 N–H and O–H groups in total. The van der Waals surface area contributed by atoms with Crippen LogP contribution in [0.5, 0.6) is 11.8 Å². The number of carbonyl (C=O) groups is 1. The second kappa shape index (κ2) is 6.34. The Kier molecular flexibility index (Phi) is 4.52. The first-order chi connectivity index (χ1) is 10.0. The first kappa shape index (κ1) is 15.0. The predicted molar refractivity (Wildman–Crippen MR) is 76.5 cm³/mol. The molecule has 0 fully saturated rings. The zero-order valence-corrected chi connectivity index (χ0v) is 12.5. The van der Waals surface area contributed by atoms with E-state index in [9.17, 15) is 4.79 Å². The minimum Gasteiger partial charge on any atom is -0.481 e. The van der Waals surface area contributed by atoms with E-state index in [2.05, 4.69) is 19.9 Å². The van der Waals surface area contributed by atoms with Gasteiger partial charge in [0.2, 0.25) is 17.6 Å². The lowest BCUT2D eigenvalue weighted by molar-refractivity contribution is 0.0963. The normalized spacial score (nSPS) is 10.7. The molecule has 2 heterocycles. The molecule has 2 aromatic rings. The Labute approximate surface area is 122 Å². The third-order valence-corrected chi connectivity index (χ3v) is 2.78. The van der Waals surface area contributed by atoms with E-state index in [1.54, 1.807) is 6.07 Å². The lowest BCUT2D eigenvalue weighted by atomic mass is 10.1. The first-order valence-corrected chi connectivity index (χ1v) is 6.59. The summed E-state index contributed by atoms with van der Waals surface area (Å²) in [6.07, 6.45) is 1.96. The zero-order chi connectivity index (χ0) is 15.4. The maximum absolute atomic E-state index is 12.0. The molecule has 112 valence electrons. The van der Waals surface area contributed by atoms with E-state index >= 15 is 0 Å². The maximum Gasteiger partial charge on any atom is 0.220 e. The van der Waals surface area contributed by atoms with E-state index in [0.717, 1.165) is 0 Å². The van der Waals surface area contributed by atoms with Crippen LogP contribution in [-0.2, 0) is 0 Å². The van der Waals surface area contributed by atoms with Gasteiger partial charge >= 0.3 is 0 Å². The third-order valence-electron chi connectivity index (χ3n) is 2.78. The van der Waals surface area contributed by atoms with Gasteiger partial charge in [0.05, 0.1) is 26.5 Å². The summed E-state index contributed by atoms with van der Waals surface area (Å²) in [5.74, 6) is 1.75. The summed E-state index contributed by atoms with van der Waals surface area (Å²) < 4.78 is 10.2. The minimum atomic E-state index is 0.0126. The molecule has 0 spiro atoms. The Balaban J connectivity index is 2.31. The molecule has 2 rings (SSSR count). The number of hydrogen-bond acceptors (Lipinski definition) is 6. The predicted octanol–water partition coefficient (Wildman–Crippen LogP) is 2.11. The molecule has 0 aliphatic rings. The van der Waals surface area contributed by atoms with E-state index in [0.29, 0.717) is 35.5 Å². The Bertz CT molecular complexity index is 615. The summed E-state index contributed by atoms with van der Waals surface area (Å²) in [5.41, 5.74) is 0.448. The number of methoxy groups -OCH3 is 2. The van der Waals surface area contributed by atoms with E-state index in [1.165, 1.54) is 20.4 Å². The van der Waals surface area contributed by atoms with Crippen LogP contribution in [0.3, 0.4) is 0 Å². The molecule has 0 bridgehead atoms. The number of ketones is 1. The van der Waals surface area contributed by atoms with Crippen LogP contribution < -0.4 is 9.47 Å². The number of carbonyl (C=O) groups excluding carboxylic acids is 1. The molecule has 21 heavy (non-hydrogen) atoms. The topological polar surface area (TPSA) is 90.0 Å². The fourth-order valence-corrected chi connectivity index (χ4v) is 1.78. The SMILES string of the molecule is COc1cc(OC)nc(-c2ncc(C(=O)CC(C)C)[nH]2)n1. The molecule has 0 amide bonds. The molecule has 0 aliphatic carbocycles. The smallest absolute Gasteiger partial charge is 0.220 e. The van der Waals surface area contributed by atoms with Gasteiger partial charge in [-0.25, -0.2) is 4.98 Å². The van der Waals surface area contributed by atoms with Gasteiger partial charge in [-0.2, -0.15) is 9.97 Å². The van der Waals surface area contributed by atoms with Crippen LogP contribution in [0.15, 0.2) is 12.3 Å². The number of aromatic amines is 1. The maximum atomic E-state index is 12.0. The van der Waals surface area contributed by atoms with Crippen LogP contribution >= 0.6 is 0 Å². The molecule has 0 radical (unpaired) electrons. The molecule has 0 unspecified atom stereocenters. The van der Waals surface area contributed by atoms with Crippen molar-refractivity contribution in [2.45, 2.75) is 20.3 Å². The fraction of sp³-hybridized carbons (Fsp3) is 0.429. The monoisotopic (exact) mass is 290 g/mol. The Morgan fingerprint density at radius 1 is 1.24 bits per heavy atom. The van der Waals surface area contributed by atoms with Gasteiger partial charge in [0.25, 0.3) is 0 Å². The number of aromatic nitrogens is 4. The Morgan fingerprint density at radius 2 is 1.86 bits per heavy atom. The molecule has 0 aromatic carbocycles. The van der Waals surface area contributed by atoms with Gasteiger partial charge in [-0.15, -0.1) is 0 Å². The molecule has 0 aliphatic heterocycles. The van der Waals surface area contributed by atoms with Crippen LogP contribution in [0.2, 0.25) is 0 Å². The van der Waals surface area contributed by atoms with Gasteiger partial charge < -0.3 is 14.5 Å². The molecule has 0 atom stereocenters. The molecule has 0 saturated carbocycles. The van der Waals surface area contributed by atoms with Gasteiger partial charge in [0, 0.05) is 6.42 Å². The quantitative estimate of drug-likeness (QED) is 0.819. The highest BCUT2D eigenvalue weighted by Gasteiger charge is 2.15. The summed E-state index contributed by atoms with van der Waals surface area (Å²) >= 11 is 0. The Hall–Kier alpha value is -2.44. The van der Waals surface area contributed by atoms with Crippen LogP contribution in [0, 0.1) is 5.92 Å². The standard InChI is InChI=1S/C14H18N4O3/c1-8(2)5-10(19)9-7-15-13(16-9)14-17-11(20-3)6-12(18-14)21-4/h6-8H,5H2,1-4H3,(H,15,16). The summed E-state index contributed by atoms with van der Waals surface area (Å²) in [7, 11) is 3.01. The highest BCUT2D eigenvalue weighted by atomic mass is 16.5. The summed E-state index contributed by atoms with van der Waals surface area (Å²) in [5, 5.41) is 0. The summed E-state index contributed by atoms with van der Waals surface area (Å²) in [4.78, 5) is 27.4. The van der Waals surface area contributed by atoms with Gasteiger partial charge in [-0.3, -0.25) is 4.79 Å². The van der Waals surface area contributed by atoms with E-state index in [-0.39, 0.29) is 11.7 Å². The lowest BCUT2D eigenvalue weighted by Gasteiger charge is -2.04. The van der Waals surface area contributed by atoms with Crippen LogP contribution in [0.4, 0.5) is 0 Å². The highest BCUT2D eigenvalue weighted by Crippen LogP contribution is 2.20. The average molecular weight is 290 g/mol. The van der Waals surface area contributed by atoms with Crippen molar-refractivity contribution in [2.24, 2.45) is 5.92 Å². The van der Waals surface area contributed by atoms with Crippen molar-refractivity contribution >= 4 is 5.78 Å². The number of nitrogens with zero attached hydrogens (tertiary/aromatic N) is 3. The van der Waals surface area contributed by atoms with Gasteiger partial charge in [0.15, 0.2) is 11.6 Å². The number of nitrogens with one attached hydrogen (secondary N) is 1. The van der Waals surface area contributed by atoms with Crippen molar-refractivity contribution in [1.29, 1.82) is 0 Å². The van der Waals surface area contributed by atoms with Crippen molar-refractivity contribution in [3.63, 3.8) is 0 Å². The summed E-state index contributed by atoms with van der Waals surface area (Å²) in [6.45, 7) is 3.98. The number of Topliss-reactive ketones (excluding diaryl/α,β-unsaturated/α-hetero) is 1. The first-order valence-electron chi connectivity index (χ1n) is 6.59. The van der Waals surface area contributed by atoms with Crippen molar-refractivity contribution < 1.29 is 14.3 Å². The summed E-state index contributed by atoms with van der Waals surface area (Å²) in [6, 6.07) is 1.57. The number of rotatable bonds is 6.